The van der Waals surface area contributed by atoms with E-state index in [4.69, 9.17) is 9.47 Å². The van der Waals surface area contributed by atoms with Crippen LogP contribution in [0.25, 0.3) is 0 Å². The van der Waals surface area contributed by atoms with Gasteiger partial charge >= 0.3 is 0 Å². The van der Waals surface area contributed by atoms with E-state index in [9.17, 15) is 0 Å². The topological polar surface area (TPSA) is 54.9 Å². The van der Waals surface area contributed by atoms with Crippen LogP contribution in [0.3, 0.4) is 0 Å². The summed E-state index contributed by atoms with van der Waals surface area (Å²) in [6.07, 6.45) is 6.60. The Morgan fingerprint density at radius 1 is 1.21 bits per heavy atom. The van der Waals surface area contributed by atoms with Crippen molar-refractivity contribution in [3.05, 3.63) is 29.8 Å². The number of ether oxygens (including phenoxy) is 2. The van der Waals surface area contributed by atoms with Crippen LogP contribution in [0.5, 0.6) is 5.75 Å². The largest absolute Gasteiger partial charge is 0.496 e. The summed E-state index contributed by atoms with van der Waals surface area (Å²) >= 11 is 0. The molecule has 1 aromatic rings. The molecule has 1 fully saturated rings. The van der Waals surface area contributed by atoms with Gasteiger partial charge in [-0.1, -0.05) is 31.0 Å². The second-order valence-electron chi connectivity index (χ2n) is 5.80. The van der Waals surface area contributed by atoms with E-state index in [0.717, 1.165) is 36.8 Å². The number of rotatable bonds is 8. The molecule has 0 unspecified atom stereocenters. The van der Waals surface area contributed by atoms with Crippen molar-refractivity contribution < 1.29 is 9.47 Å². The molecule has 0 amide bonds. The molecule has 0 heterocycles. The maximum Gasteiger partial charge on any atom is 0.191 e. The lowest BCUT2D eigenvalue weighted by Crippen LogP contribution is -2.37. The van der Waals surface area contributed by atoms with Crippen molar-refractivity contribution in [1.82, 2.24) is 10.6 Å². The average Bonchev–Trinajstić information content (AvgIpc) is 3.11. The standard InChI is InChI=1S/C18H29N3O2.HI/c1-19-18(20-12-7-13-23-16-9-4-5-10-16)21-14-15-8-3-6-11-17(15)22-2;/h3,6,8,11,16H,4-5,7,9-10,12-14H2,1-2H3,(H2,19,20,21);1H. The van der Waals surface area contributed by atoms with Crippen LogP contribution in [0.15, 0.2) is 29.3 Å². The number of aliphatic imine (C=N–C) groups is 1. The third kappa shape index (κ3) is 7.25. The summed E-state index contributed by atoms with van der Waals surface area (Å²) in [4.78, 5) is 4.25. The van der Waals surface area contributed by atoms with Crippen molar-refractivity contribution >= 4 is 29.9 Å². The summed E-state index contributed by atoms with van der Waals surface area (Å²) in [5.41, 5.74) is 1.11. The van der Waals surface area contributed by atoms with E-state index in [1.165, 1.54) is 25.7 Å². The molecular weight excluding hydrogens is 417 g/mol. The lowest BCUT2D eigenvalue weighted by molar-refractivity contribution is 0.0574. The Morgan fingerprint density at radius 3 is 2.67 bits per heavy atom. The molecule has 2 N–H and O–H groups in total. The van der Waals surface area contributed by atoms with Crippen LogP contribution in [-0.2, 0) is 11.3 Å². The highest BCUT2D eigenvalue weighted by molar-refractivity contribution is 14.0. The van der Waals surface area contributed by atoms with Crippen molar-refractivity contribution in [2.45, 2.75) is 44.8 Å². The van der Waals surface area contributed by atoms with Crippen molar-refractivity contribution in [2.75, 3.05) is 27.3 Å². The van der Waals surface area contributed by atoms with Gasteiger partial charge in [-0.05, 0) is 25.3 Å². The molecule has 136 valence electrons. The van der Waals surface area contributed by atoms with Gasteiger partial charge in [-0.15, -0.1) is 24.0 Å². The van der Waals surface area contributed by atoms with Gasteiger partial charge in [0.05, 0.1) is 13.2 Å². The molecule has 1 aromatic carbocycles. The normalized spacial score (nSPS) is 15.0. The minimum atomic E-state index is 0. The number of nitrogens with zero attached hydrogens (tertiary/aromatic N) is 1. The van der Waals surface area contributed by atoms with Gasteiger partial charge in [-0.3, -0.25) is 4.99 Å². The lowest BCUT2D eigenvalue weighted by atomic mass is 10.2. The van der Waals surface area contributed by atoms with E-state index < -0.39 is 0 Å². The summed E-state index contributed by atoms with van der Waals surface area (Å²) in [5.74, 6) is 1.69. The molecule has 0 atom stereocenters. The van der Waals surface area contributed by atoms with Crippen LogP contribution in [0.1, 0.15) is 37.7 Å². The monoisotopic (exact) mass is 447 g/mol. The maximum atomic E-state index is 5.86. The molecule has 6 heteroatoms. The highest BCUT2D eigenvalue weighted by Gasteiger charge is 2.14. The molecule has 0 bridgehead atoms. The van der Waals surface area contributed by atoms with Crippen molar-refractivity contribution in [1.29, 1.82) is 0 Å². The average molecular weight is 447 g/mol. The van der Waals surface area contributed by atoms with Crippen LogP contribution in [0, 0.1) is 0 Å². The summed E-state index contributed by atoms with van der Waals surface area (Å²) in [7, 11) is 3.48. The number of halogens is 1. The molecule has 5 nitrogen and oxygen atoms in total. The van der Waals surface area contributed by atoms with Crippen molar-refractivity contribution in [3.63, 3.8) is 0 Å². The maximum absolute atomic E-state index is 5.86. The first-order chi connectivity index (χ1) is 11.3. The fraction of sp³-hybridized carbons (Fsp3) is 0.611. The minimum absolute atomic E-state index is 0. The highest BCUT2D eigenvalue weighted by atomic mass is 127. The molecule has 2 rings (SSSR count). The van der Waals surface area contributed by atoms with Crippen LogP contribution in [0.2, 0.25) is 0 Å². The number of benzene rings is 1. The third-order valence-electron chi connectivity index (χ3n) is 4.13. The summed E-state index contributed by atoms with van der Waals surface area (Å²) in [6.45, 7) is 2.36. The predicted molar refractivity (Wildman–Crippen MR) is 109 cm³/mol. The third-order valence-corrected chi connectivity index (χ3v) is 4.13. The predicted octanol–water partition coefficient (Wildman–Crippen LogP) is 3.33. The molecule has 1 aliphatic carbocycles. The van der Waals surface area contributed by atoms with E-state index in [1.54, 1.807) is 14.2 Å². The van der Waals surface area contributed by atoms with E-state index >= 15 is 0 Å². The number of hydrogen-bond donors (Lipinski definition) is 2. The molecule has 1 aliphatic rings. The zero-order valence-electron chi connectivity index (χ0n) is 14.7. The van der Waals surface area contributed by atoms with E-state index in [-0.39, 0.29) is 24.0 Å². The molecule has 0 aliphatic heterocycles. The minimum Gasteiger partial charge on any atom is -0.496 e. The zero-order chi connectivity index (χ0) is 16.3. The Bertz CT molecular complexity index is 491. The molecule has 0 saturated heterocycles. The van der Waals surface area contributed by atoms with Crippen LogP contribution >= 0.6 is 24.0 Å². The number of hydrogen-bond acceptors (Lipinski definition) is 3. The first kappa shape index (κ1) is 21.0. The fourth-order valence-electron chi connectivity index (χ4n) is 2.83. The highest BCUT2D eigenvalue weighted by Crippen LogP contribution is 2.20. The van der Waals surface area contributed by atoms with Gasteiger partial charge < -0.3 is 20.1 Å². The molecule has 24 heavy (non-hydrogen) atoms. The second kappa shape index (κ2) is 12.4. The molecular formula is C18H30IN3O2. The lowest BCUT2D eigenvalue weighted by Gasteiger charge is -2.14. The van der Waals surface area contributed by atoms with E-state index in [2.05, 4.69) is 21.7 Å². The summed E-state index contributed by atoms with van der Waals surface area (Å²) in [6, 6.07) is 8.00. The Morgan fingerprint density at radius 2 is 1.96 bits per heavy atom. The van der Waals surface area contributed by atoms with Gasteiger partial charge in [0.2, 0.25) is 0 Å². The van der Waals surface area contributed by atoms with E-state index in [0.29, 0.717) is 12.6 Å². The first-order valence-corrected chi connectivity index (χ1v) is 8.51. The van der Waals surface area contributed by atoms with Crippen LogP contribution in [-0.4, -0.2) is 39.4 Å². The Labute approximate surface area is 162 Å². The zero-order valence-corrected chi connectivity index (χ0v) is 17.0. The van der Waals surface area contributed by atoms with Crippen molar-refractivity contribution in [3.8, 4) is 5.75 Å². The number of para-hydroxylation sites is 1. The first-order valence-electron chi connectivity index (χ1n) is 8.51. The Balaban J connectivity index is 0.00000288. The van der Waals surface area contributed by atoms with Gasteiger partial charge in [0.15, 0.2) is 5.96 Å². The van der Waals surface area contributed by atoms with Crippen molar-refractivity contribution in [2.24, 2.45) is 4.99 Å². The SMILES string of the molecule is CN=C(NCCCOC1CCCC1)NCc1ccccc1OC.I. The molecule has 1 saturated carbocycles. The quantitative estimate of drug-likeness (QED) is 0.278. The molecule has 0 spiro atoms. The fourth-order valence-corrected chi connectivity index (χ4v) is 2.83. The smallest absolute Gasteiger partial charge is 0.191 e. The van der Waals surface area contributed by atoms with Gasteiger partial charge in [-0.25, -0.2) is 0 Å². The van der Waals surface area contributed by atoms with Gasteiger partial charge in [0.25, 0.3) is 0 Å². The van der Waals surface area contributed by atoms with Gasteiger partial charge in [0.1, 0.15) is 5.75 Å². The summed E-state index contributed by atoms with van der Waals surface area (Å²) in [5, 5.41) is 6.63. The van der Waals surface area contributed by atoms with Gasteiger partial charge in [0, 0.05) is 32.3 Å². The number of guanidine groups is 1. The second-order valence-corrected chi connectivity index (χ2v) is 5.80. The Hall–Kier alpha value is -1.02. The van der Waals surface area contributed by atoms with Crippen LogP contribution in [0.4, 0.5) is 0 Å². The van der Waals surface area contributed by atoms with Crippen LogP contribution < -0.4 is 15.4 Å². The molecule has 0 aromatic heterocycles. The number of nitrogens with one attached hydrogen (secondary N) is 2. The van der Waals surface area contributed by atoms with Gasteiger partial charge in [-0.2, -0.15) is 0 Å². The number of methoxy groups -OCH3 is 1. The van der Waals surface area contributed by atoms with E-state index in [1.807, 2.05) is 18.2 Å². The summed E-state index contributed by atoms with van der Waals surface area (Å²) < 4.78 is 11.2. The molecule has 0 radical (unpaired) electrons. The Kier molecular flexibility index (Phi) is 10.8.